The number of primary amides is 1. The maximum atomic E-state index is 13.4. The number of halogens is 1. The van der Waals surface area contributed by atoms with Gasteiger partial charge in [-0.1, -0.05) is 19.9 Å². The van der Waals surface area contributed by atoms with Crippen LogP contribution in [-0.4, -0.2) is 11.4 Å². The van der Waals surface area contributed by atoms with Gasteiger partial charge in [0.05, 0.1) is 5.69 Å². The van der Waals surface area contributed by atoms with E-state index in [1.807, 2.05) is 13.8 Å². The van der Waals surface area contributed by atoms with Crippen LogP contribution in [0.1, 0.15) is 26.3 Å². The molecule has 1 amide bonds. The van der Waals surface area contributed by atoms with Crippen molar-refractivity contribution >= 4 is 11.6 Å². The molecule has 0 aliphatic heterocycles. The smallest absolute Gasteiger partial charge is 0.243 e. The monoisotopic (exact) mass is 249 g/mol. The van der Waals surface area contributed by atoms with Crippen LogP contribution in [0, 0.1) is 23.1 Å². The summed E-state index contributed by atoms with van der Waals surface area (Å²) in [5, 5.41) is 11.8. The Morgan fingerprint density at radius 1 is 1.56 bits per heavy atom. The summed E-state index contributed by atoms with van der Waals surface area (Å²) in [5.41, 5.74) is 4.48. The third kappa shape index (κ3) is 2.43. The number of nitrogens with two attached hydrogens (primary N) is 1. The van der Waals surface area contributed by atoms with Crippen LogP contribution in [-0.2, 0) is 4.79 Å². The van der Waals surface area contributed by atoms with Gasteiger partial charge in [0.15, 0.2) is 0 Å². The SMILES string of the molecule is CC(C)C(C)(Nc1cccc(F)c1C#N)C(N)=O. The van der Waals surface area contributed by atoms with Gasteiger partial charge in [-0.25, -0.2) is 4.39 Å². The summed E-state index contributed by atoms with van der Waals surface area (Å²) < 4.78 is 13.4. The van der Waals surface area contributed by atoms with Gasteiger partial charge in [0, 0.05) is 0 Å². The fourth-order valence-electron chi connectivity index (χ4n) is 1.51. The molecule has 1 atom stereocenters. The Balaban J connectivity index is 3.22. The van der Waals surface area contributed by atoms with Gasteiger partial charge in [0.1, 0.15) is 23.0 Å². The van der Waals surface area contributed by atoms with E-state index in [0.29, 0.717) is 0 Å². The Morgan fingerprint density at radius 3 is 2.61 bits per heavy atom. The largest absolute Gasteiger partial charge is 0.370 e. The number of anilines is 1. The van der Waals surface area contributed by atoms with Crippen molar-refractivity contribution < 1.29 is 9.18 Å². The van der Waals surface area contributed by atoms with Crippen molar-refractivity contribution in [1.82, 2.24) is 0 Å². The van der Waals surface area contributed by atoms with E-state index in [1.165, 1.54) is 12.1 Å². The zero-order valence-corrected chi connectivity index (χ0v) is 10.6. The summed E-state index contributed by atoms with van der Waals surface area (Å²) in [6.07, 6.45) is 0. The highest BCUT2D eigenvalue weighted by Crippen LogP contribution is 2.26. The molecule has 96 valence electrons. The average Bonchev–Trinajstić information content (AvgIpc) is 2.28. The number of hydrogen-bond acceptors (Lipinski definition) is 3. The molecule has 3 N–H and O–H groups in total. The number of rotatable bonds is 4. The van der Waals surface area contributed by atoms with E-state index in [1.54, 1.807) is 19.1 Å². The van der Waals surface area contributed by atoms with Crippen LogP contribution in [0.4, 0.5) is 10.1 Å². The minimum atomic E-state index is -1.04. The molecule has 0 fully saturated rings. The number of nitriles is 1. The molecule has 0 heterocycles. The third-order valence-corrected chi connectivity index (χ3v) is 3.19. The number of amides is 1. The second-order valence-corrected chi connectivity index (χ2v) is 4.62. The number of carbonyl (C=O) groups excluding carboxylic acids is 1. The summed E-state index contributed by atoms with van der Waals surface area (Å²) in [5.74, 6) is -1.28. The van der Waals surface area contributed by atoms with Crippen LogP contribution in [0.15, 0.2) is 18.2 Å². The fourth-order valence-corrected chi connectivity index (χ4v) is 1.51. The maximum absolute atomic E-state index is 13.4. The molecule has 0 saturated carbocycles. The van der Waals surface area contributed by atoms with E-state index in [4.69, 9.17) is 11.0 Å². The van der Waals surface area contributed by atoms with E-state index in [2.05, 4.69) is 5.32 Å². The van der Waals surface area contributed by atoms with Crippen LogP contribution in [0.5, 0.6) is 0 Å². The van der Waals surface area contributed by atoms with Crippen molar-refractivity contribution in [2.24, 2.45) is 11.7 Å². The Bertz CT molecular complexity index is 507. The highest BCUT2D eigenvalue weighted by Gasteiger charge is 2.35. The normalized spacial score (nSPS) is 13.8. The van der Waals surface area contributed by atoms with Gasteiger partial charge in [0.25, 0.3) is 0 Å². The van der Waals surface area contributed by atoms with Crippen LogP contribution in [0.3, 0.4) is 0 Å². The highest BCUT2D eigenvalue weighted by atomic mass is 19.1. The molecule has 0 spiro atoms. The van der Waals surface area contributed by atoms with E-state index >= 15 is 0 Å². The van der Waals surface area contributed by atoms with Gasteiger partial charge in [0.2, 0.25) is 5.91 Å². The molecule has 0 bridgehead atoms. The molecule has 0 aliphatic carbocycles. The van der Waals surface area contributed by atoms with Gasteiger partial charge in [-0.05, 0) is 25.0 Å². The molecular formula is C13H16FN3O. The van der Waals surface area contributed by atoms with Crippen LogP contribution < -0.4 is 11.1 Å². The molecule has 0 aromatic heterocycles. The van der Waals surface area contributed by atoms with E-state index < -0.39 is 17.3 Å². The number of nitrogens with one attached hydrogen (secondary N) is 1. The molecule has 1 aromatic carbocycles. The van der Waals surface area contributed by atoms with Crippen molar-refractivity contribution in [2.45, 2.75) is 26.3 Å². The van der Waals surface area contributed by atoms with Crippen molar-refractivity contribution in [1.29, 1.82) is 5.26 Å². The van der Waals surface area contributed by atoms with Crippen LogP contribution >= 0.6 is 0 Å². The first-order valence-electron chi connectivity index (χ1n) is 5.59. The predicted molar refractivity (Wildman–Crippen MR) is 67.2 cm³/mol. The number of carbonyl (C=O) groups is 1. The lowest BCUT2D eigenvalue weighted by Gasteiger charge is -2.32. The lowest BCUT2D eigenvalue weighted by atomic mass is 9.87. The topological polar surface area (TPSA) is 78.9 Å². The molecule has 0 aliphatic rings. The standard InChI is InChI=1S/C13H16FN3O/c1-8(2)13(3,12(16)18)17-11-6-4-5-10(14)9(11)7-15/h4-6,8,17H,1-3H3,(H2,16,18). The van der Waals surface area contributed by atoms with E-state index in [9.17, 15) is 9.18 Å². The first-order chi connectivity index (χ1) is 8.32. The van der Waals surface area contributed by atoms with Gasteiger partial charge < -0.3 is 11.1 Å². The van der Waals surface area contributed by atoms with Gasteiger partial charge in [-0.3, -0.25) is 4.79 Å². The zero-order valence-electron chi connectivity index (χ0n) is 10.6. The first-order valence-corrected chi connectivity index (χ1v) is 5.59. The average molecular weight is 249 g/mol. The van der Waals surface area contributed by atoms with Crippen molar-refractivity contribution in [3.8, 4) is 6.07 Å². The summed E-state index contributed by atoms with van der Waals surface area (Å²) in [6, 6.07) is 5.99. The minimum absolute atomic E-state index is 0.107. The summed E-state index contributed by atoms with van der Waals surface area (Å²) in [6.45, 7) is 5.28. The predicted octanol–water partition coefficient (Wildman–Crippen LogP) is 2.01. The zero-order chi connectivity index (χ0) is 13.9. The minimum Gasteiger partial charge on any atom is -0.370 e. The quantitative estimate of drug-likeness (QED) is 0.856. The van der Waals surface area contributed by atoms with Gasteiger partial charge >= 0.3 is 0 Å². The first kappa shape index (κ1) is 14.0. The van der Waals surface area contributed by atoms with Crippen molar-refractivity contribution in [3.63, 3.8) is 0 Å². The Labute approximate surface area is 106 Å². The second-order valence-electron chi connectivity index (χ2n) is 4.62. The Kier molecular flexibility index (Phi) is 3.92. The molecule has 1 unspecified atom stereocenters. The summed E-state index contributed by atoms with van der Waals surface area (Å²) in [4.78, 5) is 11.5. The third-order valence-electron chi connectivity index (χ3n) is 3.19. The van der Waals surface area contributed by atoms with Gasteiger partial charge in [-0.15, -0.1) is 0 Å². The fraction of sp³-hybridized carbons (Fsp3) is 0.385. The summed E-state index contributed by atoms with van der Waals surface area (Å²) in [7, 11) is 0. The molecule has 1 aromatic rings. The van der Waals surface area contributed by atoms with E-state index in [-0.39, 0.29) is 17.2 Å². The molecule has 18 heavy (non-hydrogen) atoms. The van der Waals surface area contributed by atoms with Crippen LogP contribution in [0.25, 0.3) is 0 Å². The van der Waals surface area contributed by atoms with Crippen molar-refractivity contribution in [3.05, 3.63) is 29.6 Å². The number of benzene rings is 1. The number of hydrogen-bond donors (Lipinski definition) is 2. The lowest BCUT2D eigenvalue weighted by Crippen LogP contribution is -2.52. The maximum Gasteiger partial charge on any atom is 0.243 e. The molecule has 0 saturated heterocycles. The highest BCUT2D eigenvalue weighted by molar-refractivity contribution is 5.88. The molecule has 4 nitrogen and oxygen atoms in total. The van der Waals surface area contributed by atoms with Crippen molar-refractivity contribution in [2.75, 3.05) is 5.32 Å². The molecule has 0 radical (unpaired) electrons. The van der Waals surface area contributed by atoms with Gasteiger partial charge in [-0.2, -0.15) is 5.26 Å². The molecule has 1 rings (SSSR count). The van der Waals surface area contributed by atoms with Crippen LogP contribution in [0.2, 0.25) is 0 Å². The summed E-state index contributed by atoms with van der Waals surface area (Å²) >= 11 is 0. The number of nitrogens with zero attached hydrogens (tertiary/aromatic N) is 1. The Morgan fingerprint density at radius 2 is 2.17 bits per heavy atom. The Hall–Kier alpha value is -2.09. The molecule has 5 heteroatoms. The second kappa shape index (κ2) is 5.05. The van der Waals surface area contributed by atoms with E-state index in [0.717, 1.165) is 0 Å². The molecular weight excluding hydrogens is 233 g/mol. The lowest BCUT2D eigenvalue weighted by molar-refractivity contribution is -0.123.